The molecule has 0 N–H and O–H groups in total. The third kappa shape index (κ3) is 7.60. The van der Waals surface area contributed by atoms with Crippen LogP contribution >= 0.6 is 11.6 Å². The monoisotopic (exact) mass is 160 g/mol. The van der Waals surface area contributed by atoms with Gasteiger partial charge in [0.25, 0.3) is 0 Å². The Balaban J connectivity index is 0. The number of alkyl halides is 1. The number of carbonyl (C=O) groups excluding carboxylic acids is 1. The van der Waals surface area contributed by atoms with Crippen LogP contribution in [0.1, 0.15) is 19.8 Å². The molecule has 0 aromatic carbocycles. The molecule has 0 aliphatic rings. The van der Waals surface area contributed by atoms with Gasteiger partial charge in [0, 0.05) is 0 Å². The van der Waals surface area contributed by atoms with Gasteiger partial charge in [0.1, 0.15) is 6.29 Å². The molecule has 44 valence electrons. The molecule has 0 rings (SSSR count). The number of rotatable bonds is 3. The quantitative estimate of drug-likeness (QED) is 0.341. The van der Waals surface area contributed by atoms with E-state index in [9.17, 15) is 4.79 Å². The Bertz CT molecular complexity index is 58.4. The minimum atomic E-state index is -0.259. The van der Waals surface area contributed by atoms with E-state index in [-0.39, 0.29) is 56.8 Å². The number of halogens is 1. The fourth-order valence-corrected chi connectivity index (χ4v) is 0.562. The van der Waals surface area contributed by atoms with Gasteiger partial charge in [-0.15, -0.1) is 11.6 Å². The Morgan fingerprint density at radius 1 is 1.75 bits per heavy atom. The van der Waals surface area contributed by atoms with Crippen LogP contribution in [0.4, 0.5) is 0 Å². The average Bonchev–Trinajstić information content (AvgIpc) is 1.68. The molecule has 0 aromatic rings. The first-order valence-corrected chi connectivity index (χ1v) is 2.84. The first-order chi connectivity index (χ1) is 3.31. The van der Waals surface area contributed by atoms with Gasteiger partial charge in [0.05, 0.1) is 5.38 Å². The standard InChI is InChI=1S/C5H9ClO.K.H/c1-2-3-5(6)4-7;;/h4-5H,2-3H2,1H3;;. The molecule has 0 saturated heterocycles. The normalized spacial score (nSPS) is 11.8. The van der Waals surface area contributed by atoms with Crippen molar-refractivity contribution < 1.29 is 4.79 Å². The summed E-state index contributed by atoms with van der Waals surface area (Å²) in [5.41, 5.74) is 0. The van der Waals surface area contributed by atoms with Crippen molar-refractivity contribution in [3.8, 4) is 0 Å². The van der Waals surface area contributed by atoms with Crippen LogP contribution in [0.25, 0.3) is 0 Å². The van der Waals surface area contributed by atoms with Crippen molar-refractivity contribution in [1.29, 1.82) is 0 Å². The summed E-state index contributed by atoms with van der Waals surface area (Å²) in [5, 5.41) is -0.259. The molecule has 0 saturated carbocycles. The van der Waals surface area contributed by atoms with Crippen molar-refractivity contribution in [3.63, 3.8) is 0 Å². The minimum absolute atomic E-state index is 0. The average molecular weight is 161 g/mol. The summed E-state index contributed by atoms with van der Waals surface area (Å²) in [7, 11) is 0. The maximum absolute atomic E-state index is 9.76. The van der Waals surface area contributed by atoms with Gasteiger partial charge in [-0.3, -0.25) is 0 Å². The molecule has 0 aromatic heterocycles. The van der Waals surface area contributed by atoms with Crippen LogP contribution < -0.4 is 0 Å². The molecule has 0 bridgehead atoms. The number of aldehydes is 1. The molecule has 1 unspecified atom stereocenters. The predicted octanol–water partition coefficient (Wildman–Crippen LogP) is 0.944. The molecule has 0 amide bonds. The molecule has 0 spiro atoms. The molecule has 8 heavy (non-hydrogen) atoms. The molecule has 3 heteroatoms. The third-order valence-corrected chi connectivity index (χ3v) is 1.03. The van der Waals surface area contributed by atoms with E-state index in [0.29, 0.717) is 0 Å². The molecule has 0 radical (unpaired) electrons. The summed E-state index contributed by atoms with van der Waals surface area (Å²) in [6.45, 7) is 2.00. The van der Waals surface area contributed by atoms with Gasteiger partial charge < -0.3 is 4.79 Å². The van der Waals surface area contributed by atoms with Gasteiger partial charge in [-0.05, 0) is 6.42 Å². The van der Waals surface area contributed by atoms with Crippen LogP contribution in [0.2, 0.25) is 0 Å². The second-order valence-electron chi connectivity index (χ2n) is 1.44. The molecular formula is C5H10ClKO. The number of hydrogen-bond donors (Lipinski definition) is 0. The van der Waals surface area contributed by atoms with Gasteiger partial charge in [-0.1, -0.05) is 13.3 Å². The van der Waals surface area contributed by atoms with E-state index in [0.717, 1.165) is 19.1 Å². The molecular weight excluding hydrogens is 151 g/mol. The fourth-order valence-electron chi connectivity index (χ4n) is 0.344. The van der Waals surface area contributed by atoms with Crippen LogP contribution in [-0.2, 0) is 4.79 Å². The van der Waals surface area contributed by atoms with E-state index in [1.165, 1.54) is 0 Å². The van der Waals surface area contributed by atoms with Gasteiger partial charge in [0.2, 0.25) is 0 Å². The zero-order valence-electron chi connectivity index (χ0n) is 4.36. The molecule has 0 aliphatic carbocycles. The summed E-state index contributed by atoms with van der Waals surface area (Å²) < 4.78 is 0. The van der Waals surface area contributed by atoms with Gasteiger partial charge in [-0.2, -0.15) is 0 Å². The van der Waals surface area contributed by atoms with E-state index < -0.39 is 0 Å². The zero-order chi connectivity index (χ0) is 5.70. The Kier molecular flexibility index (Phi) is 13.2. The first-order valence-electron chi connectivity index (χ1n) is 2.40. The van der Waals surface area contributed by atoms with Crippen molar-refractivity contribution in [2.75, 3.05) is 0 Å². The number of carbonyl (C=O) groups is 1. The second-order valence-corrected chi connectivity index (χ2v) is 2.00. The third-order valence-electron chi connectivity index (χ3n) is 0.712. The Morgan fingerprint density at radius 2 is 2.25 bits per heavy atom. The van der Waals surface area contributed by atoms with Crippen molar-refractivity contribution in [2.45, 2.75) is 25.1 Å². The van der Waals surface area contributed by atoms with Crippen molar-refractivity contribution in [1.82, 2.24) is 0 Å². The molecule has 0 heterocycles. The maximum atomic E-state index is 9.76. The van der Waals surface area contributed by atoms with Gasteiger partial charge in [0.15, 0.2) is 0 Å². The summed E-state index contributed by atoms with van der Waals surface area (Å²) in [6.07, 6.45) is 2.54. The Labute approximate surface area is 97.6 Å². The summed E-state index contributed by atoms with van der Waals surface area (Å²) in [4.78, 5) is 9.76. The van der Waals surface area contributed by atoms with E-state index in [1.807, 2.05) is 6.92 Å². The summed E-state index contributed by atoms with van der Waals surface area (Å²) in [6, 6.07) is 0. The van der Waals surface area contributed by atoms with Crippen LogP contribution in [-0.4, -0.2) is 63.0 Å². The zero-order valence-corrected chi connectivity index (χ0v) is 5.11. The Hall–Kier alpha value is 1.60. The second kappa shape index (κ2) is 8.60. The van der Waals surface area contributed by atoms with E-state index in [1.54, 1.807) is 0 Å². The van der Waals surface area contributed by atoms with E-state index in [4.69, 9.17) is 11.6 Å². The molecule has 1 nitrogen and oxygen atoms in total. The van der Waals surface area contributed by atoms with Gasteiger partial charge in [-0.25, -0.2) is 0 Å². The predicted molar refractivity (Wildman–Crippen MR) is 37.8 cm³/mol. The van der Waals surface area contributed by atoms with Crippen molar-refractivity contribution >= 4 is 69.3 Å². The first kappa shape index (κ1) is 12.3. The molecule has 0 aliphatic heterocycles. The van der Waals surface area contributed by atoms with Gasteiger partial charge >= 0.3 is 51.4 Å². The van der Waals surface area contributed by atoms with E-state index >= 15 is 0 Å². The molecule has 1 atom stereocenters. The summed E-state index contributed by atoms with van der Waals surface area (Å²) >= 11 is 5.40. The summed E-state index contributed by atoms with van der Waals surface area (Å²) in [5.74, 6) is 0. The topological polar surface area (TPSA) is 17.1 Å². The molecule has 0 fully saturated rings. The fraction of sp³-hybridized carbons (Fsp3) is 0.800. The van der Waals surface area contributed by atoms with Crippen molar-refractivity contribution in [2.24, 2.45) is 0 Å². The van der Waals surface area contributed by atoms with Crippen LogP contribution in [0.3, 0.4) is 0 Å². The van der Waals surface area contributed by atoms with E-state index in [2.05, 4.69) is 0 Å². The van der Waals surface area contributed by atoms with Crippen molar-refractivity contribution in [3.05, 3.63) is 0 Å². The van der Waals surface area contributed by atoms with Crippen LogP contribution in [0, 0.1) is 0 Å². The van der Waals surface area contributed by atoms with Crippen LogP contribution in [0.15, 0.2) is 0 Å². The SMILES string of the molecule is CCCC(Cl)C=O.[KH]. The Morgan fingerprint density at radius 3 is 2.38 bits per heavy atom. The van der Waals surface area contributed by atoms with Crippen LogP contribution in [0.5, 0.6) is 0 Å². The number of hydrogen-bond acceptors (Lipinski definition) is 1.